The Labute approximate surface area is 126 Å². The van der Waals surface area contributed by atoms with Crippen molar-refractivity contribution in [2.24, 2.45) is 0 Å². The number of rotatable bonds is 3. The van der Waals surface area contributed by atoms with Crippen molar-refractivity contribution in [3.05, 3.63) is 12.5 Å². The summed E-state index contributed by atoms with van der Waals surface area (Å²) in [7, 11) is -3.44. The Bertz CT molecular complexity index is 560. The van der Waals surface area contributed by atoms with Crippen LogP contribution in [0.1, 0.15) is 26.2 Å². The molecule has 0 aliphatic carbocycles. The van der Waals surface area contributed by atoms with Crippen LogP contribution in [0.4, 0.5) is 0 Å². The second kappa shape index (κ2) is 6.01. The second-order valence-electron chi connectivity index (χ2n) is 5.33. The zero-order valence-corrected chi connectivity index (χ0v) is 13.2. The summed E-state index contributed by atoms with van der Waals surface area (Å²) in [6, 6.07) is 0.786. The number of nitrogens with one attached hydrogen (secondary N) is 1. The molecule has 8 heteroatoms. The van der Waals surface area contributed by atoms with Gasteiger partial charge in [-0.05, 0) is 26.2 Å². The zero-order valence-electron chi connectivity index (χ0n) is 11.5. The zero-order chi connectivity index (χ0) is 13.5. The summed E-state index contributed by atoms with van der Waals surface area (Å²) in [6.07, 6.45) is 6.33. The van der Waals surface area contributed by atoms with Gasteiger partial charge in [0.2, 0.25) is 0 Å². The lowest BCUT2D eigenvalue weighted by Gasteiger charge is -2.22. The predicted molar refractivity (Wildman–Crippen MR) is 78.5 cm³/mol. The lowest BCUT2D eigenvalue weighted by molar-refractivity contribution is 0.382. The Hall–Kier alpha value is -0.630. The molecule has 1 aromatic rings. The first-order valence-corrected chi connectivity index (χ1v) is 8.31. The molecule has 0 amide bonds. The van der Waals surface area contributed by atoms with Gasteiger partial charge in [-0.15, -0.1) is 12.4 Å². The van der Waals surface area contributed by atoms with Crippen molar-refractivity contribution < 1.29 is 8.42 Å². The van der Waals surface area contributed by atoms with E-state index in [0.717, 1.165) is 19.4 Å². The fourth-order valence-electron chi connectivity index (χ4n) is 2.91. The number of hydrogen-bond acceptors (Lipinski definition) is 4. The monoisotopic (exact) mass is 320 g/mol. The molecule has 6 nitrogen and oxygen atoms in total. The summed E-state index contributed by atoms with van der Waals surface area (Å²) in [5, 5.41) is 3.66. The van der Waals surface area contributed by atoms with Crippen LogP contribution in [0.3, 0.4) is 0 Å². The number of hydrogen-bond donors (Lipinski definition) is 1. The Morgan fingerprint density at radius 3 is 2.80 bits per heavy atom. The molecule has 2 saturated heterocycles. The molecule has 1 aromatic heterocycles. The average molecular weight is 321 g/mol. The van der Waals surface area contributed by atoms with Crippen molar-refractivity contribution in [2.45, 2.75) is 49.8 Å². The molecule has 20 heavy (non-hydrogen) atoms. The van der Waals surface area contributed by atoms with E-state index in [1.165, 1.54) is 6.42 Å². The smallest absolute Gasteiger partial charge is 0.262 e. The van der Waals surface area contributed by atoms with Crippen LogP contribution in [0.25, 0.3) is 0 Å². The fourth-order valence-corrected chi connectivity index (χ4v) is 4.34. The highest BCUT2D eigenvalue weighted by Crippen LogP contribution is 2.24. The third-order valence-corrected chi connectivity index (χ3v) is 5.82. The van der Waals surface area contributed by atoms with E-state index in [0.29, 0.717) is 25.2 Å². The number of nitrogens with zero attached hydrogens (tertiary/aromatic N) is 3. The summed E-state index contributed by atoms with van der Waals surface area (Å²) in [5.41, 5.74) is 0. The van der Waals surface area contributed by atoms with E-state index < -0.39 is 10.0 Å². The van der Waals surface area contributed by atoms with Crippen LogP contribution in [0.15, 0.2) is 17.6 Å². The number of aryl methyl sites for hydroxylation is 1. The molecule has 2 bridgehead atoms. The van der Waals surface area contributed by atoms with Crippen LogP contribution in [0, 0.1) is 0 Å². The quantitative estimate of drug-likeness (QED) is 0.896. The highest BCUT2D eigenvalue weighted by atomic mass is 35.5. The average Bonchev–Trinajstić information content (AvgIpc) is 2.95. The molecular weight excluding hydrogens is 300 g/mol. The topological polar surface area (TPSA) is 67.2 Å². The van der Waals surface area contributed by atoms with Crippen molar-refractivity contribution >= 4 is 22.4 Å². The molecule has 2 aliphatic rings. The van der Waals surface area contributed by atoms with Crippen LogP contribution in [-0.2, 0) is 16.6 Å². The van der Waals surface area contributed by atoms with Gasteiger partial charge in [0.15, 0.2) is 5.03 Å². The van der Waals surface area contributed by atoms with Crippen LogP contribution >= 0.6 is 12.4 Å². The van der Waals surface area contributed by atoms with E-state index in [2.05, 4.69) is 10.3 Å². The van der Waals surface area contributed by atoms with Crippen LogP contribution in [0.2, 0.25) is 0 Å². The molecule has 2 fully saturated rings. The molecule has 0 radical (unpaired) electrons. The number of fused-ring (bicyclic) bond motifs is 2. The van der Waals surface area contributed by atoms with Gasteiger partial charge < -0.3 is 9.88 Å². The van der Waals surface area contributed by atoms with E-state index in [1.807, 2.05) is 6.92 Å². The summed E-state index contributed by atoms with van der Waals surface area (Å²) in [5.74, 6) is 0. The molecule has 114 valence electrons. The summed E-state index contributed by atoms with van der Waals surface area (Å²) in [6.45, 7) is 3.86. The van der Waals surface area contributed by atoms with Crippen molar-refractivity contribution in [1.82, 2.24) is 19.2 Å². The Balaban J connectivity index is 0.00000147. The normalized spacial score (nSPS) is 27.1. The molecule has 0 saturated carbocycles. The number of halogens is 1. The molecule has 0 aromatic carbocycles. The highest BCUT2D eigenvalue weighted by Gasteiger charge is 2.35. The second-order valence-corrected chi connectivity index (χ2v) is 7.22. The molecule has 3 heterocycles. The molecular formula is C12H21ClN4O2S. The summed E-state index contributed by atoms with van der Waals surface area (Å²) in [4.78, 5) is 4.04. The van der Waals surface area contributed by atoms with E-state index in [9.17, 15) is 8.42 Å². The van der Waals surface area contributed by atoms with Gasteiger partial charge in [0.05, 0.1) is 6.33 Å². The third kappa shape index (κ3) is 2.86. The minimum atomic E-state index is -3.44. The van der Waals surface area contributed by atoms with Gasteiger partial charge in [0.25, 0.3) is 10.0 Å². The largest absolute Gasteiger partial charge is 0.336 e. The number of sulfonamides is 1. The van der Waals surface area contributed by atoms with E-state index in [-0.39, 0.29) is 17.4 Å². The van der Waals surface area contributed by atoms with Gasteiger partial charge in [-0.1, -0.05) is 0 Å². The fraction of sp³-hybridized carbons (Fsp3) is 0.750. The lowest BCUT2D eigenvalue weighted by atomic mass is 10.1. The highest BCUT2D eigenvalue weighted by molar-refractivity contribution is 7.89. The maximum atomic E-state index is 12.6. The number of aromatic nitrogens is 2. The predicted octanol–water partition coefficient (Wildman–Crippen LogP) is 0.840. The molecule has 2 unspecified atom stereocenters. The maximum Gasteiger partial charge on any atom is 0.262 e. The minimum Gasteiger partial charge on any atom is -0.336 e. The van der Waals surface area contributed by atoms with Gasteiger partial charge in [-0.3, -0.25) is 0 Å². The number of imidazole rings is 1. The van der Waals surface area contributed by atoms with E-state index in [1.54, 1.807) is 21.4 Å². The van der Waals surface area contributed by atoms with Crippen molar-refractivity contribution in [3.8, 4) is 0 Å². The Kier molecular flexibility index (Phi) is 4.73. The SMILES string of the molecule is CCn1cnc(S(=O)(=O)N2CCC3CCC(C2)N3)c1.Cl. The standard InChI is InChI=1S/C12H20N4O2S.ClH/c1-2-15-8-12(13-9-15)19(17,18)16-6-5-10-3-4-11(7-16)14-10;/h8-11,14H,2-7H2,1H3;1H. The lowest BCUT2D eigenvalue weighted by Crippen LogP contribution is -2.39. The summed E-state index contributed by atoms with van der Waals surface area (Å²) < 4.78 is 28.5. The van der Waals surface area contributed by atoms with Gasteiger partial charge in [0.1, 0.15) is 0 Å². The molecule has 2 atom stereocenters. The van der Waals surface area contributed by atoms with Gasteiger partial charge >= 0.3 is 0 Å². The van der Waals surface area contributed by atoms with Crippen molar-refractivity contribution in [2.75, 3.05) is 13.1 Å². The molecule has 0 spiro atoms. The third-order valence-electron chi connectivity index (χ3n) is 4.06. The van der Waals surface area contributed by atoms with Crippen molar-refractivity contribution in [3.63, 3.8) is 0 Å². The first kappa shape index (κ1) is 15.8. The minimum absolute atomic E-state index is 0. The van der Waals surface area contributed by atoms with E-state index in [4.69, 9.17) is 0 Å². The molecule has 3 rings (SSSR count). The van der Waals surface area contributed by atoms with Gasteiger partial charge in [-0.25, -0.2) is 13.4 Å². The maximum absolute atomic E-state index is 12.6. The van der Waals surface area contributed by atoms with Crippen LogP contribution in [-0.4, -0.2) is 47.4 Å². The van der Waals surface area contributed by atoms with Crippen LogP contribution in [0.5, 0.6) is 0 Å². The first-order chi connectivity index (χ1) is 9.09. The van der Waals surface area contributed by atoms with Crippen LogP contribution < -0.4 is 5.32 Å². The van der Waals surface area contributed by atoms with Gasteiger partial charge in [0, 0.05) is 37.9 Å². The Morgan fingerprint density at radius 1 is 1.35 bits per heavy atom. The summed E-state index contributed by atoms with van der Waals surface area (Å²) >= 11 is 0. The molecule has 1 N–H and O–H groups in total. The Morgan fingerprint density at radius 2 is 2.10 bits per heavy atom. The molecule has 2 aliphatic heterocycles. The first-order valence-electron chi connectivity index (χ1n) is 6.87. The van der Waals surface area contributed by atoms with Gasteiger partial charge in [-0.2, -0.15) is 4.31 Å². The van der Waals surface area contributed by atoms with Crippen molar-refractivity contribution in [1.29, 1.82) is 0 Å². The van der Waals surface area contributed by atoms with E-state index >= 15 is 0 Å².